The number of anilines is 1. The van der Waals surface area contributed by atoms with Crippen molar-refractivity contribution in [2.75, 3.05) is 56.4 Å². The van der Waals surface area contributed by atoms with Crippen LogP contribution in [-0.4, -0.2) is 76.3 Å². The van der Waals surface area contributed by atoms with Crippen molar-refractivity contribution in [3.05, 3.63) is 59.1 Å². The molecule has 1 fully saturated rings. The topological polar surface area (TPSA) is 70.2 Å². The standard InChI is InChI=1S/C22H28ClN3O4S/c1-18-5-3-4-6-21(18)26(31(2,28)29)17-22(27)25-13-11-24(12-14-25)15-16-30-20-9-7-19(23)8-10-20/h3-10H,11-17H2,1-2H3. The van der Waals surface area contributed by atoms with Crippen molar-refractivity contribution < 1.29 is 17.9 Å². The minimum absolute atomic E-state index is 0.189. The van der Waals surface area contributed by atoms with Gasteiger partial charge in [0.25, 0.3) is 0 Å². The molecule has 31 heavy (non-hydrogen) atoms. The molecule has 7 nitrogen and oxygen atoms in total. The van der Waals surface area contributed by atoms with Crippen molar-refractivity contribution in [2.24, 2.45) is 0 Å². The second-order valence-electron chi connectivity index (χ2n) is 7.58. The van der Waals surface area contributed by atoms with Gasteiger partial charge in [0.15, 0.2) is 0 Å². The van der Waals surface area contributed by atoms with Crippen molar-refractivity contribution in [3.8, 4) is 5.75 Å². The third-order valence-electron chi connectivity index (χ3n) is 5.28. The summed E-state index contributed by atoms with van der Waals surface area (Å²) in [6.07, 6.45) is 1.13. The lowest BCUT2D eigenvalue weighted by molar-refractivity contribution is -0.131. The zero-order chi connectivity index (χ0) is 22.4. The Bertz CT molecular complexity index is 990. The summed E-state index contributed by atoms with van der Waals surface area (Å²) < 4.78 is 31.6. The van der Waals surface area contributed by atoms with E-state index in [1.165, 1.54) is 4.31 Å². The molecule has 0 spiro atoms. The number of nitrogens with zero attached hydrogens (tertiary/aromatic N) is 3. The van der Waals surface area contributed by atoms with E-state index in [4.69, 9.17) is 16.3 Å². The lowest BCUT2D eigenvalue weighted by atomic mass is 10.2. The fraction of sp³-hybridized carbons (Fsp3) is 0.409. The van der Waals surface area contributed by atoms with Gasteiger partial charge in [0.2, 0.25) is 15.9 Å². The molecule has 0 aromatic heterocycles. The normalized spacial score (nSPS) is 15.0. The summed E-state index contributed by atoms with van der Waals surface area (Å²) in [5, 5.41) is 0.671. The van der Waals surface area contributed by atoms with E-state index in [0.29, 0.717) is 30.4 Å². The van der Waals surface area contributed by atoms with Crippen LogP contribution in [0.4, 0.5) is 5.69 Å². The third-order valence-corrected chi connectivity index (χ3v) is 6.66. The van der Waals surface area contributed by atoms with Gasteiger partial charge >= 0.3 is 0 Å². The molecule has 0 aliphatic carbocycles. The number of carbonyl (C=O) groups is 1. The molecule has 0 radical (unpaired) electrons. The second-order valence-corrected chi connectivity index (χ2v) is 9.92. The lowest BCUT2D eigenvalue weighted by Crippen LogP contribution is -2.52. The minimum Gasteiger partial charge on any atom is -0.492 e. The van der Waals surface area contributed by atoms with E-state index in [-0.39, 0.29) is 12.5 Å². The molecule has 1 aliphatic rings. The van der Waals surface area contributed by atoms with E-state index < -0.39 is 10.0 Å². The van der Waals surface area contributed by atoms with Gasteiger partial charge in [-0.25, -0.2) is 8.42 Å². The highest BCUT2D eigenvalue weighted by atomic mass is 35.5. The Kier molecular flexibility index (Phi) is 7.80. The molecule has 0 unspecified atom stereocenters. The Hall–Kier alpha value is -2.29. The van der Waals surface area contributed by atoms with E-state index >= 15 is 0 Å². The third kappa shape index (κ3) is 6.59. The first kappa shape index (κ1) is 23.4. The Labute approximate surface area is 189 Å². The second kappa shape index (κ2) is 10.3. The average Bonchev–Trinajstić information content (AvgIpc) is 2.74. The summed E-state index contributed by atoms with van der Waals surface area (Å²) in [5.41, 5.74) is 1.35. The number of aryl methyl sites for hydroxylation is 1. The van der Waals surface area contributed by atoms with Crippen LogP contribution in [0.1, 0.15) is 5.56 Å². The van der Waals surface area contributed by atoms with Gasteiger partial charge in [-0.2, -0.15) is 0 Å². The monoisotopic (exact) mass is 465 g/mol. The maximum absolute atomic E-state index is 12.8. The number of carbonyl (C=O) groups excluding carboxylic acids is 1. The van der Waals surface area contributed by atoms with E-state index in [1.54, 1.807) is 29.2 Å². The summed E-state index contributed by atoms with van der Waals surface area (Å²) in [6, 6.07) is 14.4. The first-order chi connectivity index (χ1) is 14.7. The number of rotatable bonds is 8. The Morgan fingerprint density at radius 2 is 1.71 bits per heavy atom. The summed E-state index contributed by atoms with van der Waals surface area (Å²) in [6.45, 7) is 5.51. The number of sulfonamides is 1. The number of piperazine rings is 1. The molecule has 1 heterocycles. The van der Waals surface area contributed by atoms with Crippen LogP contribution in [-0.2, 0) is 14.8 Å². The smallest absolute Gasteiger partial charge is 0.243 e. The van der Waals surface area contributed by atoms with Crippen LogP contribution in [0.5, 0.6) is 5.75 Å². The van der Waals surface area contributed by atoms with Crippen LogP contribution < -0.4 is 9.04 Å². The fourth-order valence-corrected chi connectivity index (χ4v) is 4.52. The number of hydrogen-bond donors (Lipinski definition) is 0. The maximum atomic E-state index is 12.8. The van der Waals surface area contributed by atoms with Gasteiger partial charge in [-0.1, -0.05) is 29.8 Å². The van der Waals surface area contributed by atoms with Gasteiger partial charge in [-0.3, -0.25) is 14.0 Å². The highest BCUT2D eigenvalue weighted by Gasteiger charge is 2.27. The molecule has 1 saturated heterocycles. The molecule has 1 aliphatic heterocycles. The number of hydrogen-bond acceptors (Lipinski definition) is 5. The van der Waals surface area contributed by atoms with Gasteiger partial charge in [-0.15, -0.1) is 0 Å². The minimum atomic E-state index is -3.58. The highest BCUT2D eigenvalue weighted by Crippen LogP contribution is 2.22. The molecule has 9 heteroatoms. The van der Waals surface area contributed by atoms with Crippen LogP contribution in [0.2, 0.25) is 5.02 Å². The zero-order valence-corrected chi connectivity index (χ0v) is 19.4. The van der Waals surface area contributed by atoms with Gasteiger partial charge in [0.05, 0.1) is 11.9 Å². The predicted molar refractivity (Wildman–Crippen MR) is 123 cm³/mol. The van der Waals surface area contributed by atoms with E-state index in [0.717, 1.165) is 37.2 Å². The van der Waals surface area contributed by atoms with Crippen molar-refractivity contribution in [1.82, 2.24) is 9.80 Å². The Balaban J connectivity index is 1.50. The van der Waals surface area contributed by atoms with Crippen LogP contribution in [0.3, 0.4) is 0 Å². The van der Waals surface area contributed by atoms with Gasteiger partial charge in [0.1, 0.15) is 18.9 Å². The van der Waals surface area contributed by atoms with E-state index in [1.807, 2.05) is 31.2 Å². The number of benzene rings is 2. The Morgan fingerprint density at radius 1 is 1.06 bits per heavy atom. The molecule has 0 N–H and O–H groups in total. The molecule has 0 bridgehead atoms. The average molecular weight is 466 g/mol. The van der Waals surface area contributed by atoms with Crippen molar-refractivity contribution in [3.63, 3.8) is 0 Å². The Morgan fingerprint density at radius 3 is 2.32 bits per heavy atom. The van der Waals surface area contributed by atoms with Crippen molar-refractivity contribution >= 4 is 33.2 Å². The summed E-state index contributed by atoms with van der Waals surface area (Å²) in [7, 11) is -3.58. The predicted octanol–water partition coefficient (Wildman–Crippen LogP) is 2.64. The van der Waals surface area contributed by atoms with Gasteiger partial charge < -0.3 is 9.64 Å². The SMILES string of the molecule is Cc1ccccc1N(CC(=O)N1CCN(CCOc2ccc(Cl)cc2)CC1)S(C)(=O)=O. The molecule has 0 saturated carbocycles. The first-order valence-corrected chi connectivity index (χ1v) is 12.4. The maximum Gasteiger partial charge on any atom is 0.243 e. The van der Waals surface area contributed by atoms with Crippen molar-refractivity contribution in [2.45, 2.75) is 6.92 Å². The van der Waals surface area contributed by atoms with Crippen LogP contribution >= 0.6 is 11.6 Å². The van der Waals surface area contributed by atoms with E-state index in [9.17, 15) is 13.2 Å². The molecule has 0 atom stereocenters. The van der Waals surface area contributed by atoms with Gasteiger partial charge in [0, 0.05) is 37.7 Å². The molecule has 2 aromatic rings. The molecular weight excluding hydrogens is 438 g/mol. The van der Waals surface area contributed by atoms with Crippen LogP contribution in [0.15, 0.2) is 48.5 Å². The highest BCUT2D eigenvalue weighted by molar-refractivity contribution is 7.92. The zero-order valence-electron chi connectivity index (χ0n) is 17.8. The number of ether oxygens (including phenoxy) is 1. The molecule has 2 aromatic carbocycles. The molecule has 168 valence electrons. The quantitative estimate of drug-likeness (QED) is 0.599. The molecular formula is C22H28ClN3O4S. The molecule has 1 amide bonds. The number of halogens is 1. The summed E-state index contributed by atoms with van der Waals surface area (Å²) >= 11 is 5.87. The summed E-state index contributed by atoms with van der Waals surface area (Å²) in [5.74, 6) is 0.584. The van der Waals surface area contributed by atoms with Crippen molar-refractivity contribution in [1.29, 1.82) is 0 Å². The fourth-order valence-electron chi connectivity index (χ4n) is 3.49. The number of para-hydroxylation sites is 1. The van der Waals surface area contributed by atoms with Crippen LogP contribution in [0.25, 0.3) is 0 Å². The summed E-state index contributed by atoms with van der Waals surface area (Å²) in [4.78, 5) is 16.8. The van der Waals surface area contributed by atoms with E-state index in [2.05, 4.69) is 4.90 Å². The lowest BCUT2D eigenvalue weighted by Gasteiger charge is -2.35. The van der Waals surface area contributed by atoms with Gasteiger partial charge in [-0.05, 0) is 42.8 Å². The largest absolute Gasteiger partial charge is 0.492 e. The molecule has 3 rings (SSSR count). The number of amides is 1. The first-order valence-electron chi connectivity index (χ1n) is 10.2. The van der Waals surface area contributed by atoms with Crippen LogP contribution in [0, 0.1) is 6.92 Å².